The molecular weight excluding hydrogens is 560 g/mol. The molecule has 2 aromatic carbocycles. The average molecular weight is 603 g/mol. The molecule has 2 heterocycles. The molecular formula is C30H42N4O5S2. The predicted molar refractivity (Wildman–Crippen MR) is 163 cm³/mol. The van der Waals surface area contributed by atoms with E-state index in [1.807, 2.05) is 58.9 Å². The van der Waals surface area contributed by atoms with Gasteiger partial charge in [-0.1, -0.05) is 42.5 Å². The zero-order chi connectivity index (χ0) is 29.4. The number of amides is 2. The molecule has 0 saturated carbocycles. The van der Waals surface area contributed by atoms with Crippen LogP contribution in [0.3, 0.4) is 0 Å². The van der Waals surface area contributed by atoms with Gasteiger partial charge >= 0.3 is 6.09 Å². The normalized spacial score (nSPS) is 18.1. The van der Waals surface area contributed by atoms with Crippen molar-refractivity contribution in [2.45, 2.75) is 49.6 Å². The quantitative estimate of drug-likeness (QED) is 0.412. The van der Waals surface area contributed by atoms with E-state index in [0.717, 1.165) is 68.2 Å². The summed E-state index contributed by atoms with van der Waals surface area (Å²) in [4.78, 5) is 30.3. The van der Waals surface area contributed by atoms with Crippen LogP contribution in [0.2, 0.25) is 0 Å². The van der Waals surface area contributed by atoms with Gasteiger partial charge in [-0.25, -0.2) is 23.2 Å². The van der Waals surface area contributed by atoms with Crippen molar-refractivity contribution in [2.75, 3.05) is 57.0 Å². The summed E-state index contributed by atoms with van der Waals surface area (Å²) in [7, 11) is -3.27. The zero-order valence-electron chi connectivity index (χ0n) is 24.0. The van der Waals surface area contributed by atoms with E-state index >= 15 is 0 Å². The Morgan fingerprint density at radius 2 is 1.63 bits per heavy atom. The Kier molecular flexibility index (Phi) is 11.1. The summed E-state index contributed by atoms with van der Waals surface area (Å²) in [5.74, 6) is 1.91. The predicted octanol–water partition coefficient (Wildman–Crippen LogP) is 4.02. The third-order valence-electron chi connectivity index (χ3n) is 8.05. The van der Waals surface area contributed by atoms with E-state index < -0.39 is 15.9 Å². The second kappa shape index (κ2) is 14.5. The number of carbonyl (C=O) groups excluding carboxylic acids is 1. The lowest BCUT2D eigenvalue weighted by Gasteiger charge is -2.42. The summed E-state index contributed by atoms with van der Waals surface area (Å²) in [6.07, 6.45) is 2.95. The molecule has 2 saturated heterocycles. The van der Waals surface area contributed by atoms with E-state index in [-0.39, 0.29) is 29.3 Å². The minimum absolute atomic E-state index is 0.0546. The van der Waals surface area contributed by atoms with E-state index in [2.05, 4.69) is 4.90 Å². The maximum absolute atomic E-state index is 13.2. The molecule has 2 aliphatic rings. The molecule has 0 bridgehead atoms. The summed E-state index contributed by atoms with van der Waals surface area (Å²) in [6, 6.07) is 16.4. The Labute approximate surface area is 248 Å². The first kappa shape index (κ1) is 31.3. The van der Waals surface area contributed by atoms with Gasteiger partial charge in [-0.2, -0.15) is 11.8 Å². The fourth-order valence-electron chi connectivity index (χ4n) is 5.85. The highest BCUT2D eigenvalue weighted by molar-refractivity contribution is 7.99. The highest BCUT2D eigenvalue weighted by Gasteiger charge is 2.33. The van der Waals surface area contributed by atoms with Crippen LogP contribution < -0.4 is 0 Å². The standard InChI is InChI=1S/C30H42N4O5S2/c1-3-33(29(35)23-24-9-11-27(12-10-24)41(2,38)39)26-13-16-31(17-14-26)18-15-28(25-7-5-4-6-8-25)34(30(36)37)32-19-21-40-22-20-32/h4-12,26,28H,3,13-23H2,1-2H3,(H,36,37)/t28-/m0/s1. The molecule has 1 atom stereocenters. The Morgan fingerprint density at radius 1 is 1.00 bits per heavy atom. The summed E-state index contributed by atoms with van der Waals surface area (Å²) >= 11 is 1.86. The molecule has 0 spiro atoms. The second-order valence-electron chi connectivity index (χ2n) is 10.8. The fraction of sp³-hybridized carbons (Fsp3) is 0.533. The summed E-state index contributed by atoms with van der Waals surface area (Å²) in [6.45, 7) is 6.58. The maximum Gasteiger partial charge on any atom is 0.422 e. The zero-order valence-corrected chi connectivity index (χ0v) is 25.7. The van der Waals surface area contributed by atoms with Crippen molar-refractivity contribution in [1.82, 2.24) is 19.8 Å². The van der Waals surface area contributed by atoms with Gasteiger partial charge in [0.15, 0.2) is 9.84 Å². The van der Waals surface area contributed by atoms with Gasteiger partial charge in [-0.3, -0.25) is 4.79 Å². The molecule has 2 aromatic rings. The SMILES string of the molecule is CCN(C(=O)Cc1ccc(S(C)(=O)=O)cc1)C1CCN(CC[C@@H](c2ccccc2)N(C(=O)O)N2CCSCC2)CC1. The molecule has 2 aliphatic heterocycles. The molecule has 0 aliphatic carbocycles. The molecule has 224 valence electrons. The number of piperidine rings is 1. The van der Waals surface area contributed by atoms with Crippen LogP contribution in [0, 0.1) is 0 Å². The van der Waals surface area contributed by atoms with Gasteiger partial charge < -0.3 is 14.9 Å². The highest BCUT2D eigenvalue weighted by Crippen LogP contribution is 2.29. The van der Waals surface area contributed by atoms with Crippen molar-refractivity contribution in [3.8, 4) is 0 Å². The van der Waals surface area contributed by atoms with E-state index in [1.54, 1.807) is 29.3 Å². The molecule has 9 nitrogen and oxygen atoms in total. The molecule has 11 heteroatoms. The van der Waals surface area contributed by atoms with Crippen LogP contribution in [0.5, 0.6) is 0 Å². The van der Waals surface area contributed by atoms with Gasteiger partial charge in [0, 0.05) is 63.1 Å². The van der Waals surface area contributed by atoms with Crippen molar-refractivity contribution in [2.24, 2.45) is 0 Å². The number of benzene rings is 2. The van der Waals surface area contributed by atoms with Gasteiger partial charge in [0.2, 0.25) is 5.91 Å². The molecule has 0 unspecified atom stereocenters. The van der Waals surface area contributed by atoms with Crippen molar-refractivity contribution in [3.05, 3.63) is 65.7 Å². The van der Waals surface area contributed by atoms with Crippen molar-refractivity contribution in [3.63, 3.8) is 0 Å². The van der Waals surface area contributed by atoms with Crippen LogP contribution in [0.4, 0.5) is 4.79 Å². The average Bonchev–Trinajstić information content (AvgIpc) is 2.97. The first-order chi connectivity index (χ1) is 19.7. The molecule has 4 rings (SSSR count). The fourth-order valence-corrected chi connectivity index (χ4v) is 7.37. The van der Waals surface area contributed by atoms with Gasteiger partial charge in [-0.15, -0.1) is 0 Å². The molecule has 1 N–H and O–H groups in total. The van der Waals surface area contributed by atoms with Crippen LogP contribution in [-0.2, 0) is 21.1 Å². The van der Waals surface area contributed by atoms with Crippen LogP contribution in [0.15, 0.2) is 59.5 Å². The van der Waals surface area contributed by atoms with Gasteiger partial charge in [0.05, 0.1) is 17.4 Å². The minimum Gasteiger partial charge on any atom is -0.464 e. The van der Waals surface area contributed by atoms with Crippen LogP contribution in [0.1, 0.15) is 43.4 Å². The van der Waals surface area contributed by atoms with Gasteiger partial charge in [-0.05, 0) is 49.4 Å². The van der Waals surface area contributed by atoms with E-state index in [9.17, 15) is 23.1 Å². The number of rotatable bonds is 11. The third-order valence-corrected chi connectivity index (χ3v) is 10.1. The number of hydrogen-bond donors (Lipinski definition) is 1. The summed E-state index contributed by atoms with van der Waals surface area (Å²) < 4.78 is 23.5. The molecule has 41 heavy (non-hydrogen) atoms. The number of likely N-dealkylation sites (tertiary alicyclic amines) is 1. The number of carbonyl (C=O) groups is 2. The lowest BCUT2D eigenvalue weighted by Crippen LogP contribution is -2.52. The number of sulfone groups is 1. The van der Waals surface area contributed by atoms with E-state index in [1.165, 1.54) is 6.26 Å². The topological polar surface area (TPSA) is 101 Å². The second-order valence-corrected chi connectivity index (χ2v) is 14.0. The first-order valence-electron chi connectivity index (χ1n) is 14.4. The first-order valence-corrected chi connectivity index (χ1v) is 17.4. The Hall–Kier alpha value is -2.60. The number of thioether (sulfide) groups is 1. The van der Waals surface area contributed by atoms with Crippen LogP contribution in [0.25, 0.3) is 0 Å². The van der Waals surface area contributed by atoms with Gasteiger partial charge in [0.25, 0.3) is 0 Å². The minimum atomic E-state index is -3.27. The Bertz CT molecular complexity index is 1250. The largest absolute Gasteiger partial charge is 0.464 e. The van der Waals surface area contributed by atoms with E-state index in [0.29, 0.717) is 13.0 Å². The number of likely N-dealkylation sites (N-methyl/N-ethyl adjacent to an activating group) is 1. The number of nitrogens with zero attached hydrogens (tertiary/aromatic N) is 4. The Balaban J connectivity index is 1.34. The lowest BCUT2D eigenvalue weighted by molar-refractivity contribution is -0.133. The summed E-state index contributed by atoms with van der Waals surface area (Å²) in [5.41, 5.74) is 1.82. The number of carboxylic acid groups (broad SMARTS) is 1. The number of hydrazine groups is 1. The molecule has 0 aromatic heterocycles. The molecule has 0 radical (unpaired) electrons. The smallest absolute Gasteiger partial charge is 0.422 e. The van der Waals surface area contributed by atoms with Crippen molar-refractivity contribution < 1.29 is 23.1 Å². The van der Waals surface area contributed by atoms with Gasteiger partial charge in [0.1, 0.15) is 0 Å². The van der Waals surface area contributed by atoms with Crippen molar-refractivity contribution in [1.29, 1.82) is 0 Å². The van der Waals surface area contributed by atoms with Crippen LogP contribution in [-0.4, -0.2) is 108 Å². The van der Waals surface area contributed by atoms with Crippen molar-refractivity contribution >= 4 is 33.6 Å². The summed E-state index contributed by atoms with van der Waals surface area (Å²) in [5, 5.41) is 13.8. The van der Waals surface area contributed by atoms with Crippen LogP contribution >= 0.6 is 11.8 Å². The Morgan fingerprint density at radius 3 is 2.20 bits per heavy atom. The highest BCUT2D eigenvalue weighted by atomic mass is 32.2. The van der Waals surface area contributed by atoms with E-state index in [4.69, 9.17) is 0 Å². The lowest BCUT2D eigenvalue weighted by atomic mass is 9.99. The molecule has 2 fully saturated rings. The monoisotopic (exact) mass is 602 g/mol. The molecule has 2 amide bonds. The number of hydrogen-bond acceptors (Lipinski definition) is 7. The maximum atomic E-state index is 13.2. The third kappa shape index (κ3) is 8.47.